The Morgan fingerprint density at radius 1 is 1.42 bits per heavy atom. The van der Waals surface area contributed by atoms with Gasteiger partial charge in [-0.25, -0.2) is 0 Å². The Balaban J connectivity index is 1.96. The topological polar surface area (TPSA) is 38.3 Å². The molecule has 1 N–H and O–H groups in total. The molecular weight excluding hydrogens is 238 g/mol. The zero-order valence-electron chi connectivity index (χ0n) is 12.1. The molecule has 0 radical (unpaired) electrons. The highest BCUT2D eigenvalue weighted by atomic mass is 16.5. The predicted molar refractivity (Wildman–Crippen MR) is 76.8 cm³/mol. The normalized spacial score (nSPS) is 14.1. The SMILES string of the molecule is CC(=O)CCNCC(C)(C)c1ccc2c(c1)CCO2. The van der Waals surface area contributed by atoms with Gasteiger partial charge in [-0.3, -0.25) is 4.79 Å². The van der Waals surface area contributed by atoms with Gasteiger partial charge in [0.2, 0.25) is 0 Å². The average Bonchev–Trinajstić information content (AvgIpc) is 2.81. The molecule has 3 nitrogen and oxygen atoms in total. The summed E-state index contributed by atoms with van der Waals surface area (Å²) in [6.07, 6.45) is 1.62. The van der Waals surface area contributed by atoms with Gasteiger partial charge in [-0.2, -0.15) is 0 Å². The van der Waals surface area contributed by atoms with Crippen molar-refractivity contribution in [3.63, 3.8) is 0 Å². The van der Waals surface area contributed by atoms with Gasteiger partial charge in [-0.05, 0) is 24.1 Å². The highest BCUT2D eigenvalue weighted by Crippen LogP contribution is 2.31. The molecule has 1 heterocycles. The maximum atomic E-state index is 10.9. The van der Waals surface area contributed by atoms with Crippen LogP contribution in [0.3, 0.4) is 0 Å². The number of carbonyl (C=O) groups excluding carboxylic acids is 1. The molecule has 0 fully saturated rings. The zero-order valence-corrected chi connectivity index (χ0v) is 12.1. The summed E-state index contributed by atoms with van der Waals surface area (Å²) in [5, 5.41) is 3.37. The number of ether oxygens (including phenoxy) is 1. The Morgan fingerprint density at radius 2 is 2.21 bits per heavy atom. The molecule has 0 saturated carbocycles. The molecule has 0 unspecified atom stereocenters. The minimum Gasteiger partial charge on any atom is -0.493 e. The minimum atomic E-state index is 0.0639. The molecule has 0 aromatic heterocycles. The van der Waals surface area contributed by atoms with Crippen molar-refractivity contribution in [2.45, 2.75) is 39.0 Å². The standard InChI is InChI=1S/C16H23NO2/c1-12(18)6-8-17-11-16(2,3)14-4-5-15-13(10-14)7-9-19-15/h4-5,10,17H,6-9,11H2,1-3H3. The summed E-state index contributed by atoms with van der Waals surface area (Å²) >= 11 is 0. The lowest BCUT2D eigenvalue weighted by molar-refractivity contribution is -0.116. The Kier molecular flexibility index (Phi) is 4.25. The molecule has 2 rings (SSSR count). The highest BCUT2D eigenvalue weighted by molar-refractivity contribution is 5.75. The first-order chi connectivity index (χ1) is 8.99. The molecule has 0 atom stereocenters. The number of carbonyl (C=O) groups is 1. The van der Waals surface area contributed by atoms with Gasteiger partial charge in [-0.1, -0.05) is 26.0 Å². The third-order valence-corrected chi connectivity index (χ3v) is 3.69. The number of benzene rings is 1. The van der Waals surface area contributed by atoms with Crippen LogP contribution < -0.4 is 10.1 Å². The summed E-state index contributed by atoms with van der Waals surface area (Å²) in [5.74, 6) is 1.27. The molecule has 0 aliphatic carbocycles. The van der Waals surface area contributed by atoms with Gasteiger partial charge in [0, 0.05) is 31.3 Å². The Bertz CT molecular complexity index is 466. The number of hydrogen-bond acceptors (Lipinski definition) is 3. The van der Waals surface area contributed by atoms with Gasteiger partial charge in [-0.15, -0.1) is 0 Å². The Hall–Kier alpha value is -1.35. The van der Waals surface area contributed by atoms with Gasteiger partial charge in [0.05, 0.1) is 6.61 Å². The first-order valence-electron chi connectivity index (χ1n) is 6.95. The van der Waals surface area contributed by atoms with Crippen molar-refractivity contribution in [1.29, 1.82) is 0 Å². The van der Waals surface area contributed by atoms with E-state index in [0.717, 1.165) is 31.9 Å². The van der Waals surface area contributed by atoms with Crippen LogP contribution >= 0.6 is 0 Å². The molecule has 19 heavy (non-hydrogen) atoms. The number of Topliss-reactive ketones (excluding diaryl/α,β-unsaturated/α-hetero) is 1. The van der Waals surface area contributed by atoms with E-state index >= 15 is 0 Å². The van der Waals surface area contributed by atoms with E-state index in [0.29, 0.717) is 6.42 Å². The van der Waals surface area contributed by atoms with Gasteiger partial charge in [0.25, 0.3) is 0 Å². The van der Waals surface area contributed by atoms with E-state index in [2.05, 4.69) is 37.4 Å². The lowest BCUT2D eigenvalue weighted by Gasteiger charge is -2.26. The quantitative estimate of drug-likeness (QED) is 0.799. The van der Waals surface area contributed by atoms with Crippen LogP contribution in [-0.4, -0.2) is 25.5 Å². The lowest BCUT2D eigenvalue weighted by Crippen LogP contribution is -2.34. The third-order valence-electron chi connectivity index (χ3n) is 3.69. The second-order valence-electron chi connectivity index (χ2n) is 5.93. The molecule has 1 aromatic rings. The smallest absolute Gasteiger partial charge is 0.131 e. The van der Waals surface area contributed by atoms with Crippen LogP contribution in [0.5, 0.6) is 5.75 Å². The fourth-order valence-corrected chi connectivity index (χ4v) is 2.37. The van der Waals surface area contributed by atoms with Crippen molar-refractivity contribution in [2.75, 3.05) is 19.7 Å². The van der Waals surface area contributed by atoms with Crippen molar-refractivity contribution in [3.05, 3.63) is 29.3 Å². The molecule has 1 aliphatic rings. The minimum absolute atomic E-state index is 0.0639. The van der Waals surface area contributed by atoms with Crippen LogP contribution in [0.4, 0.5) is 0 Å². The maximum absolute atomic E-state index is 10.9. The summed E-state index contributed by atoms with van der Waals surface area (Å²) in [6, 6.07) is 6.49. The molecule has 0 bridgehead atoms. The summed E-state index contributed by atoms with van der Waals surface area (Å²) < 4.78 is 5.54. The van der Waals surface area contributed by atoms with Crippen molar-refractivity contribution >= 4 is 5.78 Å². The monoisotopic (exact) mass is 261 g/mol. The molecule has 0 saturated heterocycles. The molecule has 1 aliphatic heterocycles. The van der Waals surface area contributed by atoms with Crippen molar-refractivity contribution in [3.8, 4) is 5.75 Å². The first-order valence-corrected chi connectivity index (χ1v) is 6.95. The van der Waals surface area contributed by atoms with Crippen LogP contribution in [0.1, 0.15) is 38.3 Å². The number of hydrogen-bond donors (Lipinski definition) is 1. The van der Waals surface area contributed by atoms with Crippen molar-refractivity contribution < 1.29 is 9.53 Å². The van der Waals surface area contributed by atoms with Crippen LogP contribution in [-0.2, 0) is 16.6 Å². The number of ketones is 1. The van der Waals surface area contributed by atoms with Crippen LogP contribution in [0, 0.1) is 0 Å². The maximum Gasteiger partial charge on any atom is 0.131 e. The van der Waals surface area contributed by atoms with E-state index in [-0.39, 0.29) is 11.2 Å². The number of nitrogens with one attached hydrogen (secondary N) is 1. The van der Waals surface area contributed by atoms with Gasteiger partial charge in [0.1, 0.15) is 11.5 Å². The van der Waals surface area contributed by atoms with Crippen molar-refractivity contribution in [2.24, 2.45) is 0 Å². The van der Waals surface area contributed by atoms with Gasteiger partial charge in [0.15, 0.2) is 0 Å². The largest absolute Gasteiger partial charge is 0.493 e. The molecule has 0 spiro atoms. The highest BCUT2D eigenvalue weighted by Gasteiger charge is 2.22. The first kappa shape index (κ1) is 14.1. The van der Waals surface area contributed by atoms with E-state index < -0.39 is 0 Å². The Labute approximate surface area is 115 Å². The predicted octanol–water partition coefficient (Wildman–Crippen LogP) is 2.47. The van der Waals surface area contributed by atoms with E-state index in [1.807, 2.05) is 0 Å². The summed E-state index contributed by atoms with van der Waals surface area (Å²) in [5.41, 5.74) is 2.70. The molecular formula is C16H23NO2. The molecule has 0 amide bonds. The van der Waals surface area contributed by atoms with Gasteiger partial charge >= 0.3 is 0 Å². The second kappa shape index (κ2) is 5.74. The fraction of sp³-hybridized carbons (Fsp3) is 0.562. The van der Waals surface area contributed by atoms with Crippen LogP contribution in [0.15, 0.2) is 18.2 Å². The van der Waals surface area contributed by atoms with Gasteiger partial charge < -0.3 is 10.1 Å². The number of rotatable bonds is 6. The lowest BCUT2D eigenvalue weighted by atomic mass is 9.83. The van der Waals surface area contributed by atoms with E-state index in [1.165, 1.54) is 11.1 Å². The number of fused-ring (bicyclic) bond motifs is 1. The van der Waals surface area contributed by atoms with E-state index in [9.17, 15) is 4.79 Å². The molecule has 104 valence electrons. The fourth-order valence-electron chi connectivity index (χ4n) is 2.37. The molecule has 3 heteroatoms. The van der Waals surface area contributed by atoms with Crippen molar-refractivity contribution in [1.82, 2.24) is 5.32 Å². The summed E-state index contributed by atoms with van der Waals surface area (Å²) in [6.45, 7) is 8.52. The van der Waals surface area contributed by atoms with Crippen LogP contribution in [0.25, 0.3) is 0 Å². The Morgan fingerprint density at radius 3 is 2.95 bits per heavy atom. The van der Waals surface area contributed by atoms with E-state index in [1.54, 1.807) is 6.92 Å². The summed E-state index contributed by atoms with van der Waals surface area (Å²) in [4.78, 5) is 10.9. The second-order valence-corrected chi connectivity index (χ2v) is 5.93. The molecule has 1 aromatic carbocycles. The zero-order chi connectivity index (χ0) is 13.9. The van der Waals surface area contributed by atoms with Crippen LogP contribution in [0.2, 0.25) is 0 Å². The summed E-state index contributed by atoms with van der Waals surface area (Å²) in [7, 11) is 0. The average molecular weight is 261 g/mol. The third kappa shape index (κ3) is 3.57. The van der Waals surface area contributed by atoms with E-state index in [4.69, 9.17) is 4.74 Å².